The van der Waals surface area contributed by atoms with E-state index in [2.05, 4.69) is 36.1 Å². The summed E-state index contributed by atoms with van der Waals surface area (Å²) in [5, 5.41) is 9.44. The minimum atomic E-state index is -0.439. The molecule has 0 radical (unpaired) electrons. The predicted octanol–water partition coefficient (Wildman–Crippen LogP) is 4.15. The zero-order valence-electron chi connectivity index (χ0n) is 15.3. The number of fused-ring (bicyclic) bond motifs is 1. The van der Waals surface area contributed by atoms with Gasteiger partial charge in [0.1, 0.15) is 5.78 Å². The number of unbranched alkanes of at least 4 members (excludes halogenated alkanes) is 1. The van der Waals surface area contributed by atoms with E-state index in [1.165, 1.54) is 10.9 Å². The van der Waals surface area contributed by atoms with E-state index in [-0.39, 0.29) is 5.78 Å². The van der Waals surface area contributed by atoms with Crippen molar-refractivity contribution in [3.63, 3.8) is 0 Å². The lowest BCUT2D eigenvalue weighted by atomic mass is 9.89. The molecule has 2 rings (SSSR count). The fourth-order valence-electron chi connectivity index (χ4n) is 3.29. The molecule has 0 bridgehead atoms. The maximum atomic E-state index is 12.2. The zero-order valence-corrected chi connectivity index (χ0v) is 15.3. The Balaban J connectivity index is 2.38. The summed E-state index contributed by atoms with van der Waals surface area (Å²) in [5.74, 6) is -0.394. The van der Waals surface area contributed by atoms with Crippen molar-refractivity contribution >= 4 is 22.4 Å². The molecule has 130 valence electrons. The van der Waals surface area contributed by atoms with E-state index in [4.69, 9.17) is 5.41 Å². The van der Waals surface area contributed by atoms with Crippen LogP contribution < -0.4 is 0 Å². The van der Waals surface area contributed by atoms with Crippen molar-refractivity contribution in [2.24, 2.45) is 0 Å². The van der Waals surface area contributed by atoms with Crippen LogP contribution in [0.15, 0.2) is 24.3 Å². The van der Waals surface area contributed by atoms with Gasteiger partial charge in [0.2, 0.25) is 0 Å². The van der Waals surface area contributed by atoms with Gasteiger partial charge >= 0.3 is 0 Å². The van der Waals surface area contributed by atoms with Crippen molar-refractivity contribution in [1.82, 2.24) is 9.88 Å². The summed E-state index contributed by atoms with van der Waals surface area (Å²) in [4.78, 5) is 17.9. The van der Waals surface area contributed by atoms with Gasteiger partial charge in [0.05, 0.1) is 5.92 Å². The molecule has 0 saturated carbocycles. The van der Waals surface area contributed by atoms with Crippen LogP contribution in [0.25, 0.3) is 10.9 Å². The van der Waals surface area contributed by atoms with Crippen LogP contribution in [0.1, 0.15) is 50.3 Å². The topological polar surface area (TPSA) is 60.0 Å². The first-order chi connectivity index (χ1) is 11.5. The predicted molar refractivity (Wildman–Crippen MR) is 101 cm³/mol. The Hall–Kier alpha value is -1.94. The number of Topliss-reactive ketones (excluding diaryl/α,β-unsaturated/α-hetero) is 1. The molecule has 24 heavy (non-hydrogen) atoms. The van der Waals surface area contributed by atoms with Gasteiger partial charge in [-0.1, -0.05) is 25.1 Å². The Morgan fingerprint density at radius 1 is 1.25 bits per heavy atom. The molecule has 1 heterocycles. The van der Waals surface area contributed by atoms with Crippen LogP contribution in [0.5, 0.6) is 0 Å². The second kappa shape index (κ2) is 8.25. The molecule has 0 aliphatic carbocycles. The molecule has 1 aromatic carbocycles. The van der Waals surface area contributed by atoms with Crippen molar-refractivity contribution < 1.29 is 4.79 Å². The fourth-order valence-corrected chi connectivity index (χ4v) is 3.29. The lowest BCUT2D eigenvalue weighted by Gasteiger charge is -2.16. The van der Waals surface area contributed by atoms with Gasteiger partial charge in [0.15, 0.2) is 0 Å². The number of hydrogen-bond acceptors (Lipinski definition) is 3. The number of aromatic amines is 1. The van der Waals surface area contributed by atoms with Gasteiger partial charge in [-0.05, 0) is 64.9 Å². The van der Waals surface area contributed by atoms with E-state index in [1.54, 1.807) is 6.92 Å². The number of benzene rings is 1. The van der Waals surface area contributed by atoms with Crippen molar-refractivity contribution in [3.05, 3.63) is 35.5 Å². The number of nitrogens with zero attached hydrogens (tertiary/aromatic N) is 1. The molecule has 0 fully saturated rings. The minimum absolute atomic E-state index is 0.0444. The van der Waals surface area contributed by atoms with E-state index >= 15 is 0 Å². The van der Waals surface area contributed by atoms with E-state index in [9.17, 15) is 4.79 Å². The summed E-state index contributed by atoms with van der Waals surface area (Å²) in [7, 11) is 4.18. The first-order valence-electron chi connectivity index (χ1n) is 8.77. The fraction of sp³-hybridized carbons (Fsp3) is 0.500. The second-order valence-corrected chi connectivity index (χ2v) is 6.75. The van der Waals surface area contributed by atoms with Gasteiger partial charge in [0.25, 0.3) is 0 Å². The first kappa shape index (κ1) is 18.4. The summed E-state index contributed by atoms with van der Waals surface area (Å²) in [6.07, 6.45) is 3.74. The number of nitrogens with one attached hydrogen (secondary N) is 2. The molecular weight excluding hydrogens is 298 g/mol. The highest BCUT2D eigenvalue weighted by atomic mass is 16.1. The third-order valence-electron chi connectivity index (χ3n) is 4.55. The number of ketones is 1. The van der Waals surface area contributed by atoms with E-state index in [1.807, 2.05) is 19.1 Å². The summed E-state index contributed by atoms with van der Waals surface area (Å²) < 4.78 is 0. The minimum Gasteiger partial charge on any atom is -0.357 e. The van der Waals surface area contributed by atoms with Crippen LogP contribution in [-0.4, -0.2) is 42.0 Å². The smallest absolute Gasteiger partial charge is 0.144 e. The Morgan fingerprint density at radius 3 is 2.58 bits per heavy atom. The third-order valence-corrected chi connectivity index (χ3v) is 4.55. The number of H-pyrrole nitrogens is 1. The highest BCUT2D eigenvalue weighted by Crippen LogP contribution is 2.31. The normalized spacial score (nSPS) is 12.7. The average molecular weight is 327 g/mol. The summed E-state index contributed by atoms with van der Waals surface area (Å²) in [5.41, 5.74) is 3.69. The summed E-state index contributed by atoms with van der Waals surface area (Å²) in [6.45, 7) is 4.60. The molecule has 4 nitrogen and oxygen atoms in total. The molecular formula is C20H29N3O. The van der Waals surface area contributed by atoms with Crippen LogP contribution in [0.3, 0.4) is 0 Å². The quantitative estimate of drug-likeness (QED) is 0.537. The molecule has 1 unspecified atom stereocenters. The number of aromatic nitrogens is 1. The molecule has 2 N–H and O–H groups in total. The molecule has 0 saturated heterocycles. The summed E-state index contributed by atoms with van der Waals surface area (Å²) >= 11 is 0. The SMILES string of the molecule is CCC(=N)C(C(C)=O)c1[nH]c2ccccc2c1CCCCN(C)C. The van der Waals surface area contributed by atoms with Gasteiger partial charge in [-0.15, -0.1) is 0 Å². The Morgan fingerprint density at radius 2 is 1.96 bits per heavy atom. The van der Waals surface area contributed by atoms with E-state index < -0.39 is 5.92 Å². The van der Waals surface area contributed by atoms with Crippen LogP contribution in [0.2, 0.25) is 0 Å². The molecule has 1 atom stereocenters. The van der Waals surface area contributed by atoms with Crippen molar-refractivity contribution in [3.8, 4) is 0 Å². The van der Waals surface area contributed by atoms with Gasteiger partial charge in [-0.2, -0.15) is 0 Å². The first-order valence-corrected chi connectivity index (χ1v) is 8.77. The van der Waals surface area contributed by atoms with Gasteiger partial charge in [-0.25, -0.2) is 0 Å². The molecule has 4 heteroatoms. The lowest BCUT2D eigenvalue weighted by Crippen LogP contribution is -2.20. The molecule has 1 aromatic heterocycles. The number of hydrogen-bond donors (Lipinski definition) is 2. The maximum absolute atomic E-state index is 12.2. The molecule has 0 aliphatic heterocycles. The molecule has 0 spiro atoms. The van der Waals surface area contributed by atoms with E-state index in [0.29, 0.717) is 12.1 Å². The van der Waals surface area contributed by atoms with Crippen LogP contribution in [0, 0.1) is 5.41 Å². The van der Waals surface area contributed by atoms with Crippen LogP contribution in [-0.2, 0) is 11.2 Å². The number of aryl methyl sites for hydroxylation is 1. The number of para-hydroxylation sites is 1. The average Bonchev–Trinajstić information content (AvgIpc) is 2.89. The number of carbonyl (C=O) groups excluding carboxylic acids is 1. The zero-order chi connectivity index (χ0) is 17.7. The standard InChI is InChI=1S/C20H29N3O/c1-5-17(21)19(14(2)24)20-16(11-8-9-13-23(3)4)15-10-6-7-12-18(15)22-20/h6-7,10,12,19,21-22H,5,8-9,11,13H2,1-4H3. The van der Waals surface area contributed by atoms with Gasteiger partial charge in [0, 0.05) is 22.3 Å². The Kier molecular flexibility index (Phi) is 6.32. The largest absolute Gasteiger partial charge is 0.357 e. The van der Waals surface area contributed by atoms with Crippen LogP contribution >= 0.6 is 0 Å². The van der Waals surface area contributed by atoms with Crippen molar-refractivity contribution in [2.45, 2.75) is 45.4 Å². The van der Waals surface area contributed by atoms with Gasteiger partial charge < -0.3 is 15.3 Å². The molecule has 2 aromatic rings. The molecule has 0 amide bonds. The second-order valence-electron chi connectivity index (χ2n) is 6.75. The van der Waals surface area contributed by atoms with Crippen LogP contribution in [0.4, 0.5) is 0 Å². The highest BCUT2D eigenvalue weighted by molar-refractivity contribution is 6.08. The maximum Gasteiger partial charge on any atom is 0.144 e. The van der Waals surface area contributed by atoms with Crippen molar-refractivity contribution in [1.29, 1.82) is 5.41 Å². The number of carbonyl (C=O) groups is 1. The van der Waals surface area contributed by atoms with Gasteiger partial charge in [-0.3, -0.25) is 4.79 Å². The Bertz CT molecular complexity index is 715. The monoisotopic (exact) mass is 327 g/mol. The lowest BCUT2D eigenvalue weighted by molar-refractivity contribution is -0.117. The summed E-state index contributed by atoms with van der Waals surface area (Å²) in [6, 6.07) is 8.21. The van der Waals surface area contributed by atoms with Crippen molar-refractivity contribution in [2.75, 3.05) is 20.6 Å². The number of rotatable bonds is 9. The molecule has 0 aliphatic rings. The Labute approximate surface area is 144 Å². The third kappa shape index (κ3) is 4.12. The highest BCUT2D eigenvalue weighted by Gasteiger charge is 2.26. The van der Waals surface area contributed by atoms with E-state index in [0.717, 1.165) is 37.0 Å².